The van der Waals surface area contributed by atoms with Crippen LogP contribution in [0.1, 0.15) is 32.6 Å². The lowest BCUT2D eigenvalue weighted by Gasteiger charge is -2.35. The molecule has 1 heterocycles. The summed E-state index contributed by atoms with van der Waals surface area (Å²) in [6, 6.07) is -1.43. The van der Waals surface area contributed by atoms with Crippen LogP contribution in [0.3, 0.4) is 0 Å². The van der Waals surface area contributed by atoms with E-state index in [0.29, 0.717) is 6.54 Å². The Bertz CT molecular complexity index is 283. The molecule has 1 rings (SSSR count). The van der Waals surface area contributed by atoms with E-state index in [2.05, 4.69) is 5.32 Å². The van der Waals surface area contributed by atoms with Gasteiger partial charge in [-0.25, -0.2) is 9.59 Å². The van der Waals surface area contributed by atoms with Crippen LogP contribution < -0.4 is 5.32 Å². The second-order valence-corrected chi connectivity index (χ2v) is 4.27. The molecule has 2 atom stereocenters. The molecule has 3 N–H and O–H groups in total. The zero-order chi connectivity index (χ0) is 12.8. The Morgan fingerprint density at radius 3 is 2.71 bits per heavy atom. The average molecular weight is 244 g/mol. The van der Waals surface area contributed by atoms with Crippen LogP contribution in [-0.2, 0) is 4.79 Å². The average Bonchev–Trinajstić information content (AvgIpc) is 2.35. The summed E-state index contributed by atoms with van der Waals surface area (Å²) in [5.41, 5.74) is 0. The second kappa shape index (κ2) is 6.44. The number of aliphatic hydroxyl groups excluding tert-OH is 1. The van der Waals surface area contributed by atoms with E-state index in [1.165, 1.54) is 0 Å². The van der Waals surface area contributed by atoms with Gasteiger partial charge in [-0.2, -0.15) is 0 Å². The maximum Gasteiger partial charge on any atom is 0.328 e. The zero-order valence-corrected chi connectivity index (χ0v) is 10.1. The molecule has 1 aliphatic rings. The molecule has 1 saturated heterocycles. The molecule has 17 heavy (non-hydrogen) atoms. The normalized spacial score (nSPS) is 22.0. The number of urea groups is 1. The summed E-state index contributed by atoms with van der Waals surface area (Å²) in [6.45, 7) is 2.07. The number of carbonyl (C=O) groups is 2. The SMILES string of the molecule is CCC1CCCCN1C(=O)NC(CO)C(=O)O. The van der Waals surface area contributed by atoms with E-state index in [0.717, 1.165) is 25.7 Å². The largest absolute Gasteiger partial charge is 0.480 e. The number of piperidine rings is 1. The summed E-state index contributed by atoms with van der Waals surface area (Å²) in [6.07, 6.45) is 3.87. The number of hydrogen-bond acceptors (Lipinski definition) is 3. The molecule has 0 aliphatic carbocycles. The van der Waals surface area contributed by atoms with Crippen molar-refractivity contribution in [3.63, 3.8) is 0 Å². The standard InChI is InChI=1S/C11H20N2O4/c1-2-8-5-3-4-6-13(8)11(17)12-9(7-14)10(15)16/h8-9,14H,2-7H2,1H3,(H,12,17)(H,15,16). The van der Waals surface area contributed by atoms with E-state index in [4.69, 9.17) is 10.2 Å². The molecule has 0 aromatic carbocycles. The van der Waals surface area contributed by atoms with Gasteiger partial charge >= 0.3 is 12.0 Å². The third-order valence-electron chi connectivity index (χ3n) is 3.14. The van der Waals surface area contributed by atoms with Gasteiger partial charge in [0.15, 0.2) is 6.04 Å². The number of carbonyl (C=O) groups excluding carboxylic acids is 1. The molecule has 2 unspecified atom stereocenters. The minimum Gasteiger partial charge on any atom is -0.480 e. The van der Waals surface area contributed by atoms with Gasteiger partial charge in [0.1, 0.15) is 0 Å². The van der Waals surface area contributed by atoms with Gasteiger partial charge < -0.3 is 20.4 Å². The van der Waals surface area contributed by atoms with Crippen molar-refractivity contribution in [2.24, 2.45) is 0 Å². The van der Waals surface area contributed by atoms with Crippen LogP contribution in [0.4, 0.5) is 4.79 Å². The van der Waals surface area contributed by atoms with Gasteiger partial charge in [0, 0.05) is 12.6 Å². The number of nitrogens with one attached hydrogen (secondary N) is 1. The van der Waals surface area contributed by atoms with E-state index in [9.17, 15) is 9.59 Å². The molecular weight excluding hydrogens is 224 g/mol. The topological polar surface area (TPSA) is 89.9 Å². The zero-order valence-electron chi connectivity index (χ0n) is 10.1. The van der Waals surface area contributed by atoms with Crippen LogP contribution in [0.5, 0.6) is 0 Å². The smallest absolute Gasteiger partial charge is 0.328 e. The van der Waals surface area contributed by atoms with Crippen LogP contribution in [-0.4, -0.2) is 52.3 Å². The van der Waals surface area contributed by atoms with Gasteiger partial charge in [-0.1, -0.05) is 6.92 Å². The van der Waals surface area contributed by atoms with Crippen LogP contribution in [0.25, 0.3) is 0 Å². The first-order valence-electron chi connectivity index (χ1n) is 6.01. The number of hydrogen-bond donors (Lipinski definition) is 3. The Balaban J connectivity index is 2.58. The maximum atomic E-state index is 11.9. The molecular formula is C11H20N2O4. The fourth-order valence-corrected chi connectivity index (χ4v) is 2.11. The van der Waals surface area contributed by atoms with Crippen molar-refractivity contribution < 1.29 is 19.8 Å². The fraction of sp³-hybridized carbons (Fsp3) is 0.818. The van der Waals surface area contributed by atoms with Gasteiger partial charge in [0.25, 0.3) is 0 Å². The van der Waals surface area contributed by atoms with Crippen molar-refractivity contribution in [1.82, 2.24) is 10.2 Å². The molecule has 0 saturated carbocycles. The number of nitrogens with zero attached hydrogens (tertiary/aromatic N) is 1. The van der Waals surface area contributed by atoms with E-state index < -0.39 is 24.6 Å². The predicted octanol–water partition coefficient (Wildman–Crippen LogP) is 0.406. The number of carboxylic acids is 1. The van der Waals surface area contributed by atoms with Crippen LogP contribution in [0, 0.1) is 0 Å². The highest BCUT2D eigenvalue weighted by Gasteiger charge is 2.28. The number of aliphatic carboxylic acids is 1. The third kappa shape index (κ3) is 3.59. The van der Waals surface area contributed by atoms with Gasteiger partial charge in [-0.15, -0.1) is 0 Å². The Labute approximate surface area is 101 Å². The summed E-state index contributed by atoms with van der Waals surface area (Å²) >= 11 is 0. The van der Waals surface area contributed by atoms with Crippen LogP contribution in [0.15, 0.2) is 0 Å². The van der Waals surface area contributed by atoms with Crippen molar-refractivity contribution in [2.75, 3.05) is 13.2 Å². The van der Waals surface area contributed by atoms with Gasteiger partial charge in [0.2, 0.25) is 0 Å². The first-order chi connectivity index (χ1) is 8.10. The summed E-state index contributed by atoms with van der Waals surface area (Å²) in [5.74, 6) is -1.22. The highest BCUT2D eigenvalue weighted by Crippen LogP contribution is 2.19. The Morgan fingerprint density at radius 1 is 1.47 bits per heavy atom. The minimum atomic E-state index is -1.22. The number of likely N-dealkylation sites (tertiary alicyclic amines) is 1. The molecule has 6 heteroatoms. The Morgan fingerprint density at radius 2 is 2.18 bits per heavy atom. The van der Waals surface area contributed by atoms with Crippen molar-refractivity contribution in [3.05, 3.63) is 0 Å². The first kappa shape index (κ1) is 13.8. The van der Waals surface area contributed by atoms with Crippen molar-refractivity contribution in [1.29, 1.82) is 0 Å². The van der Waals surface area contributed by atoms with E-state index in [1.54, 1.807) is 4.90 Å². The molecule has 0 aromatic rings. The number of carboxylic acid groups (broad SMARTS) is 1. The monoisotopic (exact) mass is 244 g/mol. The lowest BCUT2D eigenvalue weighted by atomic mass is 10.0. The van der Waals surface area contributed by atoms with Crippen molar-refractivity contribution in [3.8, 4) is 0 Å². The third-order valence-corrected chi connectivity index (χ3v) is 3.14. The molecule has 0 spiro atoms. The first-order valence-corrected chi connectivity index (χ1v) is 6.01. The van der Waals surface area contributed by atoms with Gasteiger partial charge in [0.05, 0.1) is 6.61 Å². The highest BCUT2D eigenvalue weighted by molar-refractivity contribution is 5.82. The van der Waals surface area contributed by atoms with E-state index in [-0.39, 0.29) is 6.04 Å². The predicted molar refractivity (Wildman–Crippen MR) is 61.7 cm³/mol. The molecule has 2 amide bonds. The lowest BCUT2D eigenvalue weighted by Crippen LogP contribution is -2.53. The van der Waals surface area contributed by atoms with Gasteiger partial charge in [-0.05, 0) is 25.7 Å². The van der Waals surface area contributed by atoms with Crippen molar-refractivity contribution in [2.45, 2.75) is 44.7 Å². The van der Waals surface area contributed by atoms with Gasteiger partial charge in [-0.3, -0.25) is 0 Å². The number of rotatable bonds is 4. The number of amides is 2. The minimum absolute atomic E-state index is 0.178. The molecule has 0 radical (unpaired) electrons. The van der Waals surface area contributed by atoms with Crippen LogP contribution >= 0.6 is 0 Å². The molecule has 6 nitrogen and oxygen atoms in total. The highest BCUT2D eigenvalue weighted by atomic mass is 16.4. The Hall–Kier alpha value is -1.30. The molecule has 1 aliphatic heterocycles. The Kier molecular flexibility index (Phi) is 5.21. The molecule has 1 fully saturated rings. The second-order valence-electron chi connectivity index (χ2n) is 4.27. The fourth-order valence-electron chi connectivity index (χ4n) is 2.11. The summed E-state index contributed by atoms with van der Waals surface area (Å²) in [4.78, 5) is 24.3. The molecule has 0 aromatic heterocycles. The maximum absolute atomic E-state index is 11.9. The number of aliphatic hydroxyl groups is 1. The summed E-state index contributed by atoms with van der Waals surface area (Å²) in [7, 11) is 0. The summed E-state index contributed by atoms with van der Waals surface area (Å²) < 4.78 is 0. The van der Waals surface area contributed by atoms with E-state index in [1.807, 2.05) is 6.92 Å². The van der Waals surface area contributed by atoms with E-state index >= 15 is 0 Å². The summed E-state index contributed by atoms with van der Waals surface area (Å²) in [5, 5.41) is 19.9. The molecule has 98 valence electrons. The van der Waals surface area contributed by atoms with Crippen molar-refractivity contribution >= 4 is 12.0 Å². The van der Waals surface area contributed by atoms with Crippen LogP contribution in [0.2, 0.25) is 0 Å². The lowest BCUT2D eigenvalue weighted by molar-refractivity contribution is -0.140. The molecule has 0 bridgehead atoms. The quantitative estimate of drug-likeness (QED) is 0.668.